The molecule has 0 atom stereocenters. The van der Waals surface area contributed by atoms with Crippen LogP contribution in [0.5, 0.6) is 0 Å². The zero-order valence-corrected chi connectivity index (χ0v) is 18.2. The third-order valence-electron chi connectivity index (χ3n) is 6.07. The van der Waals surface area contributed by atoms with E-state index in [1.807, 2.05) is 49.1 Å². The van der Waals surface area contributed by atoms with E-state index < -0.39 is 0 Å². The number of carbonyl (C=O) groups excluding carboxylic acids is 1. The number of amides is 1. The smallest absolute Gasteiger partial charge is 0.272 e. The van der Waals surface area contributed by atoms with Crippen LogP contribution in [0.1, 0.15) is 32.7 Å². The van der Waals surface area contributed by atoms with E-state index in [4.69, 9.17) is 5.10 Å². The second-order valence-corrected chi connectivity index (χ2v) is 8.37. The molecule has 0 unspecified atom stereocenters. The molecule has 0 N–H and O–H groups in total. The first-order valence-electron chi connectivity index (χ1n) is 10.8. The number of hydrogen-bond donors (Lipinski definition) is 0. The second-order valence-electron chi connectivity index (χ2n) is 8.37. The number of halogens is 1. The number of aryl methyl sites for hydroxylation is 2. The maximum atomic E-state index is 13.7. The van der Waals surface area contributed by atoms with Crippen molar-refractivity contribution in [2.75, 3.05) is 6.54 Å². The van der Waals surface area contributed by atoms with Gasteiger partial charge >= 0.3 is 0 Å². The molecule has 0 fully saturated rings. The molecule has 0 saturated heterocycles. The van der Waals surface area contributed by atoms with E-state index in [1.54, 1.807) is 16.8 Å². The summed E-state index contributed by atoms with van der Waals surface area (Å²) in [5.74, 6) is -0.355. The van der Waals surface area contributed by atoms with Gasteiger partial charge in [-0.25, -0.2) is 9.07 Å². The van der Waals surface area contributed by atoms with Gasteiger partial charge in [0.2, 0.25) is 0 Å². The second kappa shape index (κ2) is 8.08. The van der Waals surface area contributed by atoms with Gasteiger partial charge < -0.3 is 4.90 Å². The van der Waals surface area contributed by atoms with Crippen LogP contribution in [0, 0.1) is 19.7 Å². The standard InChI is InChI=1S/C27H24FN3O/c1-18-7-12-25(19(2)15-18)31-26(16-24(29-31)21-8-10-23(28)11-9-21)27(32)30-14-13-20-5-3-4-6-22(20)17-30/h3-12,15-16H,13-14,17H2,1-2H3. The zero-order valence-electron chi connectivity index (χ0n) is 18.2. The van der Waals surface area contributed by atoms with Gasteiger partial charge in [0.05, 0.1) is 11.4 Å². The normalized spacial score (nSPS) is 13.2. The predicted octanol–water partition coefficient (Wildman–Crippen LogP) is 5.49. The fourth-order valence-corrected chi connectivity index (χ4v) is 4.35. The van der Waals surface area contributed by atoms with Gasteiger partial charge in [-0.05, 0) is 73.4 Å². The molecule has 1 aliphatic heterocycles. The lowest BCUT2D eigenvalue weighted by Crippen LogP contribution is -2.37. The van der Waals surface area contributed by atoms with E-state index in [1.165, 1.54) is 23.3 Å². The summed E-state index contributed by atoms with van der Waals surface area (Å²) in [5.41, 5.74) is 7.46. The van der Waals surface area contributed by atoms with Gasteiger partial charge in [0.1, 0.15) is 11.5 Å². The SMILES string of the molecule is Cc1ccc(-n2nc(-c3ccc(F)cc3)cc2C(=O)N2CCc3ccccc3C2)c(C)c1. The van der Waals surface area contributed by atoms with Crippen LogP contribution >= 0.6 is 0 Å². The Morgan fingerprint density at radius 2 is 1.69 bits per heavy atom. The average Bonchev–Trinajstić information content (AvgIpc) is 3.24. The molecule has 1 amide bonds. The molecular weight excluding hydrogens is 401 g/mol. The van der Waals surface area contributed by atoms with Crippen molar-refractivity contribution in [1.82, 2.24) is 14.7 Å². The van der Waals surface area contributed by atoms with Gasteiger partial charge in [-0.15, -0.1) is 0 Å². The summed E-state index contributed by atoms with van der Waals surface area (Å²) in [6.45, 7) is 5.31. The number of aromatic nitrogens is 2. The molecule has 5 rings (SSSR count). The number of hydrogen-bond acceptors (Lipinski definition) is 2. The largest absolute Gasteiger partial charge is 0.333 e. The molecule has 0 radical (unpaired) electrons. The molecule has 0 spiro atoms. The number of nitrogens with zero attached hydrogens (tertiary/aromatic N) is 3. The van der Waals surface area contributed by atoms with E-state index in [9.17, 15) is 9.18 Å². The minimum absolute atomic E-state index is 0.0552. The molecule has 1 aromatic heterocycles. The first-order chi connectivity index (χ1) is 15.5. The zero-order chi connectivity index (χ0) is 22.2. The predicted molar refractivity (Wildman–Crippen MR) is 123 cm³/mol. The van der Waals surface area contributed by atoms with Gasteiger partial charge in [0.15, 0.2) is 0 Å². The molecule has 1 aliphatic rings. The third kappa shape index (κ3) is 3.71. The molecule has 3 aromatic carbocycles. The number of carbonyl (C=O) groups is 1. The van der Waals surface area contributed by atoms with Crippen LogP contribution in [0.3, 0.4) is 0 Å². The summed E-state index contributed by atoms with van der Waals surface area (Å²) >= 11 is 0. The van der Waals surface area contributed by atoms with Gasteiger partial charge in [-0.3, -0.25) is 4.79 Å². The summed E-state index contributed by atoms with van der Waals surface area (Å²) in [6, 6.07) is 22.4. The van der Waals surface area contributed by atoms with Crippen molar-refractivity contribution in [3.8, 4) is 16.9 Å². The fourth-order valence-electron chi connectivity index (χ4n) is 4.35. The summed E-state index contributed by atoms with van der Waals surface area (Å²) in [6.07, 6.45) is 0.838. The Kier molecular flexibility index (Phi) is 5.10. The van der Waals surface area contributed by atoms with Crippen LogP contribution < -0.4 is 0 Å². The van der Waals surface area contributed by atoms with E-state index in [0.717, 1.165) is 28.8 Å². The monoisotopic (exact) mass is 425 g/mol. The molecule has 4 aromatic rings. The topological polar surface area (TPSA) is 38.1 Å². The maximum Gasteiger partial charge on any atom is 0.272 e. The molecule has 0 saturated carbocycles. The third-order valence-corrected chi connectivity index (χ3v) is 6.07. The minimum atomic E-state index is -0.300. The molecule has 5 heteroatoms. The van der Waals surface area contributed by atoms with E-state index in [2.05, 4.69) is 18.2 Å². The molecule has 2 heterocycles. The van der Waals surface area contributed by atoms with Crippen LogP contribution in [0.15, 0.2) is 72.8 Å². The lowest BCUT2D eigenvalue weighted by atomic mass is 9.99. The lowest BCUT2D eigenvalue weighted by molar-refractivity contribution is 0.0725. The Morgan fingerprint density at radius 3 is 2.44 bits per heavy atom. The highest BCUT2D eigenvalue weighted by Gasteiger charge is 2.26. The highest BCUT2D eigenvalue weighted by atomic mass is 19.1. The Balaban J connectivity index is 1.58. The average molecular weight is 426 g/mol. The van der Waals surface area contributed by atoms with Crippen LogP contribution in [-0.2, 0) is 13.0 Å². The Hall–Kier alpha value is -3.73. The summed E-state index contributed by atoms with van der Waals surface area (Å²) in [5, 5.41) is 4.78. The Labute approximate surface area is 186 Å². The first kappa shape index (κ1) is 20.2. The van der Waals surface area contributed by atoms with Crippen molar-refractivity contribution in [3.63, 3.8) is 0 Å². The molecule has 160 valence electrons. The van der Waals surface area contributed by atoms with Crippen molar-refractivity contribution in [2.24, 2.45) is 0 Å². The Bertz CT molecular complexity index is 1310. The van der Waals surface area contributed by atoms with Crippen molar-refractivity contribution in [3.05, 3.63) is 107 Å². The van der Waals surface area contributed by atoms with Crippen LogP contribution in [-0.4, -0.2) is 27.1 Å². The quantitative estimate of drug-likeness (QED) is 0.435. The van der Waals surface area contributed by atoms with E-state index in [-0.39, 0.29) is 11.7 Å². The highest BCUT2D eigenvalue weighted by Crippen LogP contribution is 2.27. The summed E-state index contributed by atoms with van der Waals surface area (Å²) in [7, 11) is 0. The van der Waals surface area contributed by atoms with Crippen molar-refractivity contribution >= 4 is 5.91 Å². The number of benzene rings is 3. The van der Waals surface area contributed by atoms with Gasteiger partial charge in [0.25, 0.3) is 5.91 Å². The maximum absolute atomic E-state index is 13.7. The number of fused-ring (bicyclic) bond motifs is 1. The molecular formula is C27H24FN3O. The van der Waals surface area contributed by atoms with Crippen molar-refractivity contribution in [1.29, 1.82) is 0 Å². The van der Waals surface area contributed by atoms with Crippen molar-refractivity contribution in [2.45, 2.75) is 26.8 Å². The van der Waals surface area contributed by atoms with Gasteiger partial charge in [-0.2, -0.15) is 5.10 Å². The number of rotatable bonds is 3. The van der Waals surface area contributed by atoms with Crippen LogP contribution in [0.2, 0.25) is 0 Å². The summed E-state index contributed by atoms with van der Waals surface area (Å²) in [4.78, 5) is 15.6. The van der Waals surface area contributed by atoms with Gasteiger partial charge in [0, 0.05) is 18.7 Å². The van der Waals surface area contributed by atoms with Crippen molar-refractivity contribution < 1.29 is 9.18 Å². The molecule has 32 heavy (non-hydrogen) atoms. The highest BCUT2D eigenvalue weighted by molar-refractivity contribution is 5.94. The van der Waals surface area contributed by atoms with Crippen LogP contribution in [0.25, 0.3) is 16.9 Å². The fraction of sp³-hybridized carbons (Fsp3) is 0.185. The molecule has 4 nitrogen and oxygen atoms in total. The molecule has 0 aliphatic carbocycles. The minimum Gasteiger partial charge on any atom is -0.333 e. The lowest BCUT2D eigenvalue weighted by Gasteiger charge is -2.29. The first-order valence-corrected chi connectivity index (χ1v) is 10.8. The van der Waals surface area contributed by atoms with Crippen LogP contribution in [0.4, 0.5) is 4.39 Å². The summed E-state index contributed by atoms with van der Waals surface area (Å²) < 4.78 is 15.2. The van der Waals surface area contributed by atoms with E-state index >= 15 is 0 Å². The van der Waals surface area contributed by atoms with Gasteiger partial charge in [-0.1, -0.05) is 42.0 Å². The Morgan fingerprint density at radius 1 is 0.938 bits per heavy atom. The molecule has 0 bridgehead atoms. The van der Waals surface area contributed by atoms with E-state index in [0.29, 0.717) is 24.5 Å².